The quantitative estimate of drug-likeness (QED) is 0.668. The fourth-order valence-electron chi connectivity index (χ4n) is 2.30. The number of hydrogen-bond donors (Lipinski definition) is 0. The van der Waals surface area contributed by atoms with Gasteiger partial charge in [-0.05, 0) is 27.7 Å². The van der Waals surface area contributed by atoms with Gasteiger partial charge < -0.3 is 18.9 Å². The predicted octanol–water partition coefficient (Wildman–Crippen LogP) is 0.867. The molecule has 0 aromatic heterocycles. The molecule has 5 heteroatoms. The summed E-state index contributed by atoms with van der Waals surface area (Å²) in [4.78, 5) is 0. The first kappa shape index (κ1) is 13.3. The van der Waals surface area contributed by atoms with Crippen LogP contribution < -0.4 is 0 Å². The molecule has 0 saturated carbocycles. The summed E-state index contributed by atoms with van der Waals surface area (Å²) in [5.74, 6) is 0. The Balaban J connectivity index is 1.97. The molecule has 17 heavy (non-hydrogen) atoms. The Morgan fingerprint density at radius 2 is 2.00 bits per heavy atom. The van der Waals surface area contributed by atoms with E-state index in [1.807, 2.05) is 27.7 Å². The van der Waals surface area contributed by atoms with E-state index in [0.717, 1.165) is 0 Å². The first-order valence-electron chi connectivity index (χ1n) is 6.27. The largest absolute Gasteiger partial charge is 0.376 e. The Bertz CT molecular complexity index is 271. The molecule has 96 valence electrons. The molecule has 0 aromatic rings. The summed E-state index contributed by atoms with van der Waals surface area (Å²) in [5.41, 5.74) is -0.400. The van der Waals surface area contributed by atoms with Crippen molar-refractivity contribution in [1.29, 1.82) is 0 Å². The van der Waals surface area contributed by atoms with Crippen LogP contribution in [-0.2, 0) is 18.9 Å². The van der Waals surface area contributed by atoms with Crippen LogP contribution in [0.1, 0.15) is 27.7 Å². The standard InChI is InChI=1S/C12H21BO4/c1-7(2)14-5-12-6-15-10(12)9(11(13)17-12)16-8(3)4/h7-11H,5-6H2,1-4H3. The first-order chi connectivity index (χ1) is 7.94. The normalized spacial score (nSPS) is 40.7. The Morgan fingerprint density at radius 3 is 2.47 bits per heavy atom. The van der Waals surface area contributed by atoms with E-state index in [0.29, 0.717) is 13.2 Å². The number of hydrogen-bond acceptors (Lipinski definition) is 4. The molecule has 4 unspecified atom stereocenters. The van der Waals surface area contributed by atoms with Gasteiger partial charge in [0.15, 0.2) is 0 Å². The second-order valence-corrected chi connectivity index (χ2v) is 5.39. The van der Waals surface area contributed by atoms with Crippen molar-refractivity contribution in [3.8, 4) is 0 Å². The van der Waals surface area contributed by atoms with Gasteiger partial charge in [0.1, 0.15) is 25.7 Å². The van der Waals surface area contributed by atoms with Crippen molar-refractivity contribution in [2.75, 3.05) is 13.2 Å². The van der Waals surface area contributed by atoms with E-state index >= 15 is 0 Å². The molecular weight excluding hydrogens is 219 g/mol. The SMILES string of the molecule is [B]C1OC2(COC(C)C)COC2C1OC(C)C. The molecule has 2 fully saturated rings. The zero-order valence-corrected chi connectivity index (χ0v) is 11.0. The van der Waals surface area contributed by atoms with Crippen LogP contribution in [0.3, 0.4) is 0 Å². The Labute approximate surface area is 104 Å². The molecule has 0 spiro atoms. The van der Waals surface area contributed by atoms with Gasteiger partial charge in [-0.15, -0.1) is 0 Å². The molecular formula is C12H21BO4. The monoisotopic (exact) mass is 240 g/mol. The number of rotatable bonds is 5. The topological polar surface area (TPSA) is 36.9 Å². The van der Waals surface area contributed by atoms with Crippen molar-refractivity contribution in [3.05, 3.63) is 0 Å². The van der Waals surface area contributed by atoms with Gasteiger partial charge in [0, 0.05) is 6.00 Å². The second kappa shape index (κ2) is 4.88. The van der Waals surface area contributed by atoms with Crippen molar-refractivity contribution in [2.45, 2.75) is 63.7 Å². The summed E-state index contributed by atoms with van der Waals surface area (Å²) < 4.78 is 22.8. The Morgan fingerprint density at radius 1 is 1.29 bits per heavy atom. The van der Waals surface area contributed by atoms with Crippen LogP contribution in [0.5, 0.6) is 0 Å². The third kappa shape index (κ3) is 2.52. The molecule has 2 aliphatic rings. The van der Waals surface area contributed by atoms with Crippen LogP contribution in [0.25, 0.3) is 0 Å². The fraction of sp³-hybridized carbons (Fsp3) is 1.00. The molecule has 2 rings (SSSR count). The zero-order chi connectivity index (χ0) is 12.6. The Kier molecular flexibility index (Phi) is 3.83. The van der Waals surface area contributed by atoms with Crippen molar-refractivity contribution in [1.82, 2.24) is 0 Å². The van der Waals surface area contributed by atoms with E-state index in [2.05, 4.69) is 0 Å². The maximum absolute atomic E-state index is 5.96. The van der Waals surface area contributed by atoms with E-state index in [9.17, 15) is 0 Å². The highest BCUT2D eigenvalue weighted by Crippen LogP contribution is 2.42. The Hall–Kier alpha value is -0.0951. The van der Waals surface area contributed by atoms with E-state index in [1.165, 1.54) is 0 Å². The summed E-state index contributed by atoms with van der Waals surface area (Å²) in [7, 11) is 5.96. The third-order valence-corrected chi connectivity index (χ3v) is 3.11. The predicted molar refractivity (Wildman–Crippen MR) is 64.2 cm³/mol. The summed E-state index contributed by atoms with van der Waals surface area (Å²) in [6.45, 7) is 9.02. The van der Waals surface area contributed by atoms with Crippen LogP contribution in [0.15, 0.2) is 0 Å². The third-order valence-electron chi connectivity index (χ3n) is 3.11. The maximum atomic E-state index is 5.96. The van der Waals surface area contributed by atoms with E-state index in [4.69, 9.17) is 26.8 Å². The highest BCUT2D eigenvalue weighted by atomic mass is 16.7. The van der Waals surface area contributed by atoms with Gasteiger partial charge in [-0.1, -0.05) is 0 Å². The average molecular weight is 240 g/mol. The fourth-order valence-corrected chi connectivity index (χ4v) is 2.30. The lowest BCUT2D eigenvalue weighted by Gasteiger charge is -2.44. The molecule has 2 heterocycles. The minimum Gasteiger partial charge on any atom is -0.376 e. The van der Waals surface area contributed by atoms with Gasteiger partial charge >= 0.3 is 0 Å². The molecule has 0 aromatic carbocycles. The zero-order valence-electron chi connectivity index (χ0n) is 11.0. The first-order valence-corrected chi connectivity index (χ1v) is 6.27. The molecule has 0 amide bonds. The molecule has 2 saturated heterocycles. The van der Waals surface area contributed by atoms with Crippen LogP contribution in [-0.4, -0.2) is 57.1 Å². The summed E-state index contributed by atoms with van der Waals surface area (Å²) in [6, 6.07) is -0.430. The molecule has 0 N–H and O–H groups in total. The van der Waals surface area contributed by atoms with Crippen LogP contribution >= 0.6 is 0 Å². The average Bonchev–Trinajstić information content (AvgIpc) is 2.35. The smallest absolute Gasteiger partial charge is 0.143 e. The van der Waals surface area contributed by atoms with Gasteiger partial charge in [0.05, 0.1) is 25.4 Å². The maximum Gasteiger partial charge on any atom is 0.143 e. The van der Waals surface area contributed by atoms with Crippen molar-refractivity contribution in [3.63, 3.8) is 0 Å². The van der Waals surface area contributed by atoms with Crippen LogP contribution in [0.2, 0.25) is 0 Å². The van der Waals surface area contributed by atoms with Gasteiger partial charge in [-0.2, -0.15) is 0 Å². The van der Waals surface area contributed by atoms with Gasteiger partial charge in [-0.3, -0.25) is 0 Å². The lowest BCUT2D eigenvalue weighted by atomic mass is 9.86. The van der Waals surface area contributed by atoms with Crippen molar-refractivity contribution in [2.24, 2.45) is 0 Å². The van der Waals surface area contributed by atoms with E-state index < -0.39 is 11.6 Å². The minimum atomic E-state index is -0.430. The summed E-state index contributed by atoms with van der Waals surface area (Å²) in [6.07, 6.45) is -0.00524. The van der Waals surface area contributed by atoms with Crippen LogP contribution in [0.4, 0.5) is 0 Å². The van der Waals surface area contributed by atoms with Crippen molar-refractivity contribution < 1.29 is 18.9 Å². The minimum absolute atomic E-state index is 0.0985. The lowest BCUT2D eigenvalue weighted by molar-refractivity contribution is -0.252. The van der Waals surface area contributed by atoms with E-state index in [-0.39, 0.29) is 24.4 Å². The lowest BCUT2D eigenvalue weighted by Crippen LogP contribution is -2.62. The van der Waals surface area contributed by atoms with E-state index in [1.54, 1.807) is 0 Å². The molecule has 2 aliphatic heterocycles. The summed E-state index contributed by atoms with van der Waals surface area (Å²) in [5, 5.41) is 0. The molecule has 2 radical (unpaired) electrons. The van der Waals surface area contributed by atoms with Gasteiger partial charge in [-0.25, -0.2) is 0 Å². The number of fused-ring (bicyclic) bond motifs is 1. The number of ether oxygens (including phenoxy) is 4. The highest BCUT2D eigenvalue weighted by Gasteiger charge is 2.61. The highest BCUT2D eigenvalue weighted by molar-refractivity contribution is 6.11. The van der Waals surface area contributed by atoms with Gasteiger partial charge in [0.25, 0.3) is 0 Å². The van der Waals surface area contributed by atoms with Crippen molar-refractivity contribution >= 4 is 7.85 Å². The molecule has 0 bridgehead atoms. The van der Waals surface area contributed by atoms with Gasteiger partial charge in [0.2, 0.25) is 0 Å². The molecule has 0 aliphatic carbocycles. The second-order valence-electron chi connectivity index (χ2n) is 5.39. The molecule has 4 nitrogen and oxygen atoms in total. The summed E-state index contributed by atoms with van der Waals surface area (Å²) >= 11 is 0. The van der Waals surface area contributed by atoms with Crippen LogP contribution in [0, 0.1) is 0 Å². The molecule has 4 atom stereocenters.